The predicted octanol–water partition coefficient (Wildman–Crippen LogP) is 2.10. The quantitative estimate of drug-likeness (QED) is 0.607. The normalized spacial score (nSPS) is 17.8. The lowest BCUT2D eigenvalue weighted by atomic mass is 9.96. The fourth-order valence-electron chi connectivity index (χ4n) is 2.13. The lowest BCUT2D eigenvalue weighted by Crippen LogP contribution is -2.30. The Morgan fingerprint density at radius 2 is 2.25 bits per heavy atom. The van der Waals surface area contributed by atoms with E-state index in [0.29, 0.717) is 0 Å². The third-order valence-electron chi connectivity index (χ3n) is 2.89. The van der Waals surface area contributed by atoms with Crippen molar-refractivity contribution < 1.29 is 9.15 Å². The first-order valence-electron chi connectivity index (χ1n) is 5.56. The van der Waals surface area contributed by atoms with Crippen LogP contribution in [0.15, 0.2) is 22.3 Å². The van der Waals surface area contributed by atoms with Crippen LogP contribution in [0.4, 0.5) is 0 Å². The van der Waals surface area contributed by atoms with Crippen LogP contribution in [0.3, 0.4) is 0 Å². The number of furan rings is 1. The van der Waals surface area contributed by atoms with Crippen molar-refractivity contribution in [2.45, 2.75) is 32.7 Å². The molecule has 1 atom stereocenters. The molecule has 1 unspecified atom stereocenters. The Kier molecular flexibility index (Phi) is 3.31. The van der Waals surface area contributed by atoms with Crippen LogP contribution in [0, 0.1) is 13.8 Å². The molecule has 4 nitrogen and oxygen atoms in total. The molecule has 16 heavy (non-hydrogen) atoms. The number of hydrogen-bond acceptors (Lipinski definition) is 4. The topological polar surface area (TPSA) is 60.4 Å². The van der Waals surface area contributed by atoms with E-state index in [1.165, 1.54) is 5.57 Å². The molecule has 0 radical (unpaired) electrons. The molecule has 88 valence electrons. The first-order valence-corrected chi connectivity index (χ1v) is 5.56. The van der Waals surface area contributed by atoms with Crippen molar-refractivity contribution in [3.05, 3.63) is 35.0 Å². The van der Waals surface area contributed by atoms with Gasteiger partial charge in [-0.15, -0.1) is 0 Å². The maximum absolute atomic E-state index is 5.63. The molecule has 3 N–H and O–H groups in total. The number of nitrogens with two attached hydrogens (primary N) is 1. The summed E-state index contributed by atoms with van der Waals surface area (Å²) in [5.74, 6) is 7.44. The number of rotatable bonds is 3. The van der Waals surface area contributed by atoms with E-state index in [-0.39, 0.29) is 6.04 Å². The summed E-state index contributed by atoms with van der Waals surface area (Å²) in [4.78, 5) is 0. The Morgan fingerprint density at radius 1 is 1.44 bits per heavy atom. The van der Waals surface area contributed by atoms with E-state index in [9.17, 15) is 0 Å². The fraction of sp³-hybridized carbons (Fsp3) is 0.500. The molecule has 0 aliphatic carbocycles. The van der Waals surface area contributed by atoms with Crippen LogP contribution in [0.5, 0.6) is 0 Å². The highest BCUT2D eigenvalue weighted by atomic mass is 16.5. The number of ether oxygens (including phenoxy) is 1. The number of hydrogen-bond donors (Lipinski definition) is 2. The van der Waals surface area contributed by atoms with E-state index in [1.807, 2.05) is 26.2 Å². The maximum Gasteiger partial charge on any atom is 0.106 e. The van der Waals surface area contributed by atoms with Crippen LogP contribution in [0.2, 0.25) is 0 Å². The molecule has 0 spiro atoms. The highest BCUT2D eigenvalue weighted by Gasteiger charge is 2.21. The Morgan fingerprint density at radius 3 is 2.75 bits per heavy atom. The summed E-state index contributed by atoms with van der Waals surface area (Å²) in [6.07, 6.45) is 3.87. The monoisotopic (exact) mass is 222 g/mol. The molecule has 0 saturated heterocycles. The van der Waals surface area contributed by atoms with E-state index in [1.54, 1.807) is 0 Å². The molecule has 1 aliphatic rings. The lowest BCUT2D eigenvalue weighted by molar-refractivity contribution is 0.219. The van der Waals surface area contributed by atoms with Gasteiger partial charge in [0.05, 0.1) is 18.9 Å². The summed E-state index contributed by atoms with van der Waals surface area (Å²) in [5.41, 5.74) is 5.11. The van der Waals surface area contributed by atoms with Crippen LogP contribution in [0.1, 0.15) is 36.0 Å². The molecular formula is C12H18N2O2. The van der Waals surface area contributed by atoms with Crippen LogP contribution in [-0.2, 0) is 4.74 Å². The summed E-state index contributed by atoms with van der Waals surface area (Å²) >= 11 is 0. The van der Waals surface area contributed by atoms with Crippen LogP contribution in [0.25, 0.3) is 0 Å². The third kappa shape index (κ3) is 2.13. The van der Waals surface area contributed by atoms with Crippen molar-refractivity contribution in [3.8, 4) is 0 Å². The SMILES string of the molecule is Cc1cc(C(NN)C2=COCCC2)c(C)o1. The zero-order valence-electron chi connectivity index (χ0n) is 9.75. The summed E-state index contributed by atoms with van der Waals surface area (Å²) < 4.78 is 10.9. The average molecular weight is 222 g/mol. The molecule has 2 heterocycles. The highest BCUT2D eigenvalue weighted by molar-refractivity contribution is 5.31. The highest BCUT2D eigenvalue weighted by Crippen LogP contribution is 2.30. The second-order valence-corrected chi connectivity index (χ2v) is 4.14. The van der Waals surface area contributed by atoms with Crippen molar-refractivity contribution in [3.63, 3.8) is 0 Å². The van der Waals surface area contributed by atoms with Gasteiger partial charge in [-0.25, -0.2) is 5.43 Å². The fourth-order valence-corrected chi connectivity index (χ4v) is 2.13. The summed E-state index contributed by atoms with van der Waals surface area (Å²) in [7, 11) is 0. The van der Waals surface area contributed by atoms with Gasteiger partial charge in [-0.1, -0.05) is 0 Å². The van der Waals surface area contributed by atoms with E-state index >= 15 is 0 Å². The van der Waals surface area contributed by atoms with Crippen molar-refractivity contribution in [1.82, 2.24) is 5.43 Å². The third-order valence-corrected chi connectivity index (χ3v) is 2.89. The first kappa shape index (κ1) is 11.2. The zero-order chi connectivity index (χ0) is 11.5. The standard InChI is InChI=1S/C12H18N2O2/c1-8-6-11(9(2)16-8)12(14-13)10-4-3-5-15-7-10/h6-7,12,14H,3-5,13H2,1-2H3. The van der Waals surface area contributed by atoms with E-state index in [0.717, 1.165) is 36.5 Å². The van der Waals surface area contributed by atoms with Crippen LogP contribution >= 0.6 is 0 Å². The van der Waals surface area contributed by atoms with Crippen LogP contribution in [-0.4, -0.2) is 6.61 Å². The summed E-state index contributed by atoms with van der Waals surface area (Å²) in [5, 5.41) is 0. The average Bonchev–Trinajstić information content (AvgIpc) is 2.61. The van der Waals surface area contributed by atoms with Gasteiger partial charge >= 0.3 is 0 Å². The zero-order valence-corrected chi connectivity index (χ0v) is 9.75. The van der Waals surface area contributed by atoms with Gasteiger partial charge in [0.15, 0.2) is 0 Å². The molecule has 0 saturated carbocycles. The Balaban J connectivity index is 2.28. The molecule has 1 aromatic rings. The minimum atomic E-state index is -0.00208. The predicted molar refractivity (Wildman–Crippen MR) is 61.5 cm³/mol. The largest absolute Gasteiger partial charge is 0.501 e. The number of aryl methyl sites for hydroxylation is 2. The maximum atomic E-state index is 5.63. The molecule has 0 aromatic carbocycles. The van der Waals surface area contributed by atoms with Crippen molar-refractivity contribution in [2.75, 3.05) is 6.61 Å². The molecule has 4 heteroatoms. The van der Waals surface area contributed by atoms with Gasteiger partial charge in [-0.3, -0.25) is 5.84 Å². The molecule has 0 bridgehead atoms. The van der Waals surface area contributed by atoms with Crippen molar-refractivity contribution in [1.29, 1.82) is 0 Å². The van der Waals surface area contributed by atoms with Gasteiger partial charge in [-0.2, -0.15) is 0 Å². The van der Waals surface area contributed by atoms with E-state index in [4.69, 9.17) is 15.0 Å². The summed E-state index contributed by atoms with van der Waals surface area (Å²) in [6, 6.07) is 2.02. The Hall–Kier alpha value is -1.26. The second-order valence-electron chi connectivity index (χ2n) is 4.14. The number of nitrogens with one attached hydrogen (secondary N) is 1. The van der Waals surface area contributed by atoms with Gasteiger partial charge in [-0.05, 0) is 38.3 Å². The lowest BCUT2D eigenvalue weighted by Gasteiger charge is -2.22. The van der Waals surface area contributed by atoms with Crippen molar-refractivity contribution in [2.24, 2.45) is 5.84 Å². The molecule has 2 rings (SSSR count). The van der Waals surface area contributed by atoms with Gasteiger partial charge in [0.1, 0.15) is 11.5 Å². The number of hydrazine groups is 1. The Bertz CT molecular complexity index is 396. The van der Waals surface area contributed by atoms with Crippen LogP contribution < -0.4 is 11.3 Å². The van der Waals surface area contributed by atoms with E-state index in [2.05, 4.69) is 5.43 Å². The van der Waals surface area contributed by atoms with Gasteiger partial charge in [0, 0.05) is 5.56 Å². The summed E-state index contributed by atoms with van der Waals surface area (Å²) in [6.45, 7) is 4.69. The molecular weight excluding hydrogens is 204 g/mol. The molecule has 0 fully saturated rings. The van der Waals surface area contributed by atoms with E-state index < -0.39 is 0 Å². The first-order chi connectivity index (χ1) is 7.72. The van der Waals surface area contributed by atoms with Crippen molar-refractivity contribution >= 4 is 0 Å². The molecule has 1 aliphatic heterocycles. The smallest absolute Gasteiger partial charge is 0.106 e. The van der Waals surface area contributed by atoms with Gasteiger partial charge in [0.2, 0.25) is 0 Å². The Labute approximate surface area is 95.4 Å². The van der Waals surface area contributed by atoms with Gasteiger partial charge < -0.3 is 9.15 Å². The minimum Gasteiger partial charge on any atom is -0.501 e. The van der Waals surface area contributed by atoms with Gasteiger partial charge in [0.25, 0.3) is 0 Å². The molecule has 1 aromatic heterocycles. The minimum absolute atomic E-state index is 0.00208. The second kappa shape index (κ2) is 4.72. The molecule has 0 amide bonds.